The van der Waals surface area contributed by atoms with E-state index in [4.69, 9.17) is 0 Å². The molecule has 0 fully saturated rings. The lowest BCUT2D eigenvalue weighted by Crippen LogP contribution is -2.25. The average molecular weight is 360 g/mol. The molecule has 3 aromatic rings. The number of carbonyl (C=O) groups is 2. The van der Waals surface area contributed by atoms with Gasteiger partial charge in [-0.3, -0.25) is 14.6 Å². The van der Waals surface area contributed by atoms with E-state index in [0.29, 0.717) is 12.2 Å². The van der Waals surface area contributed by atoms with E-state index in [1.54, 1.807) is 24.4 Å². The standard InChI is InChI=1S/C21H20N4O2/c1-14-9-10-16(12-15(14)2)24-21(27)19-8-5-7-18(25-19)20(26)23-13-17-6-3-4-11-22-17/h3-12H,13H2,1-2H3,(H,23,26)(H,24,27). The molecule has 0 saturated carbocycles. The van der Waals surface area contributed by atoms with Crippen molar-refractivity contribution >= 4 is 17.5 Å². The number of aryl methyl sites for hydroxylation is 2. The zero-order valence-electron chi connectivity index (χ0n) is 15.2. The van der Waals surface area contributed by atoms with Crippen molar-refractivity contribution in [3.8, 4) is 0 Å². The van der Waals surface area contributed by atoms with Crippen LogP contribution in [-0.2, 0) is 6.54 Å². The summed E-state index contributed by atoms with van der Waals surface area (Å²) in [5, 5.41) is 5.56. The van der Waals surface area contributed by atoms with Gasteiger partial charge >= 0.3 is 0 Å². The number of hydrogen-bond acceptors (Lipinski definition) is 4. The smallest absolute Gasteiger partial charge is 0.274 e. The Morgan fingerprint density at radius 1 is 0.889 bits per heavy atom. The Bertz CT molecular complexity index is 971. The van der Waals surface area contributed by atoms with Crippen LogP contribution in [0.5, 0.6) is 0 Å². The molecule has 0 bridgehead atoms. The number of benzene rings is 1. The molecule has 0 atom stereocenters. The summed E-state index contributed by atoms with van der Waals surface area (Å²) in [4.78, 5) is 33.1. The third-order valence-electron chi connectivity index (χ3n) is 4.14. The number of carbonyl (C=O) groups excluding carboxylic acids is 2. The lowest BCUT2D eigenvalue weighted by Gasteiger charge is -2.08. The molecule has 0 radical (unpaired) electrons. The first-order valence-corrected chi connectivity index (χ1v) is 8.57. The van der Waals surface area contributed by atoms with Gasteiger partial charge in [0, 0.05) is 11.9 Å². The number of hydrogen-bond donors (Lipinski definition) is 2. The number of pyridine rings is 2. The number of rotatable bonds is 5. The van der Waals surface area contributed by atoms with Crippen molar-refractivity contribution in [2.75, 3.05) is 5.32 Å². The monoisotopic (exact) mass is 360 g/mol. The molecule has 2 heterocycles. The maximum Gasteiger partial charge on any atom is 0.274 e. The molecule has 2 N–H and O–H groups in total. The van der Waals surface area contributed by atoms with E-state index in [0.717, 1.165) is 16.8 Å². The molecule has 0 aliphatic rings. The molecule has 0 spiro atoms. The maximum absolute atomic E-state index is 12.4. The van der Waals surface area contributed by atoms with Gasteiger partial charge in [-0.2, -0.15) is 0 Å². The highest BCUT2D eigenvalue weighted by Crippen LogP contribution is 2.15. The number of anilines is 1. The van der Waals surface area contributed by atoms with E-state index < -0.39 is 0 Å². The third-order valence-corrected chi connectivity index (χ3v) is 4.14. The van der Waals surface area contributed by atoms with Crippen LogP contribution in [0, 0.1) is 13.8 Å². The highest BCUT2D eigenvalue weighted by molar-refractivity contribution is 6.03. The van der Waals surface area contributed by atoms with E-state index in [-0.39, 0.29) is 23.2 Å². The first-order valence-electron chi connectivity index (χ1n) is 8.57. The topological polar surface area (TPSA) is 84.0 Å². The van der Waals surface area contributed by atoms with E-state index in [1.165, 1.54) is 0 Å². The molecule has 136 valence electrons. The maximum atomic E-state index is 12.4. The molecular formula is C21H20N4O2. The Morgan fingerprint density at radius 2 is 1.67 bits per heavy atom. The van der Waals surface area contributed by atoms with Crippen molar-refractivity contribution in [2.45, 2.75) is 20.4 Å². The molecule has 6 heteroatoms. The number of nitrogens with zero attached hydrogens (tertiary/aromatic N) is 2. The van der Waals surface area contributed by atoms with Crippen molar-refractivity contribution < 1.29 is 9.59 Å². The molecule has 0 saturated heterocycles. The summed E-state index contributed by atoms with van der Waals surface area (Å²) in [7, 11) is 0. The fourth-order valence-electron chi connectivity index (χ4n) is 2.47. The minimum Gasteiger partial charge on any atom is -0.345 e. The lowest BCUT2D eigenvalue weighted by molar-refractivity contribution is 0.0945. The van der Waals surface area contributed by atoms with E-state index >= 15 is 0 Å². The molecule has 0 aliphatic heterocycles. The normalized spacial score (nSPS) is 10.3. The molecule has 1 aromatic carbocycles. The summed E-state index contributed by atoms with van der Waals surface area (Å²) in [5.74, 6) is -0.723. The number of amides is 2. The van der Waals surface area contributed by atoms with Crippen molar-refractivity contribution in [2.24, 2.45) is 0 Å². The summed E-state index contributed by atoms with van der Waals surface area (Å²) in [6.07, 6.45) is 1.66. The minimum atomic E-state index is -0.363. The van der Waals surface area contributed by atoms with E-state index in [2.05, 4.69) is 20.6 Å². The SMILES string of the molecule is Cc1ccc(NC(=O)c2cccc(C(=O)NCc3ccccn3)n2)cc1C. The van der Waals surface area contributed by atoms with Gasteiger partial charge in [-0.15, -0.1) is 0 Å². The van der Waals surface area contributed by atoms with Crippen LogP contribution in [0.15, 0.2) is 60.8 Å². The highest BCUT2D eigenvalue weighted by Gasteiger charge is 2.13. The second kappa shape index (κ2) is 8.23. The van der Waals surface area contributed by atoms with Gasteiger partial charge in [0.1, 0.15) is 11.4 Å². The van der Waals surface area contributed by atoms with E-state index in [1.807, 2.05) is 50.2 Å². The zero-order valence-corrected chi connectivity index (χ0v) is 15.2. The predicted octanol–water partition coefficient (Wildman–Crippen LogP) is 3.28. The van der Waals surface area contributed by atoms with Gasteiger partial charge in [-0.25, -0.2) is 4.98 Å². The average Bonchev–Trinajstić information content (AvgIpc) is 2.70. The Kier molecular flexibility index (Phi) is 5.56. The van der Waals surface area contributed by atoms with Crippen LogP contribution in [0.25, 0.3) is 0 Å². The predicted molar refractivity (Wildman–Crippen MR) is 104 cm³/mol. The second-order valence-electron chi connectivity index (χ2n) is 6.16. The Balaban J connectivity index is 1.67. The molecule has 0 aliphatic carbocycles. The molecule has 2 amide bonds. The van der Waals surface area contributed by atoms with Gasteiger partial charge in [0.2, 0.25) is 0 Å². The Hall–Kier alpha value is -3.54. The van der Waals surface area contributed by atoms with Crippen LogP contribution in [0.2, 0.25) is 0 Å². The Labute approximate surface area is 157 Å². The first kappa shape index (κ1) is 18.3. The molecule has 3 rings (SSSR count). The molecule has 27 heavy (non-hydrogen) atoms. The lowest BCUT2D eigenvalue weighted by atomic mass is 10.1. The van der Waals surface area contributed by atoms with Crippen LogP contribution in [-0.4, -0.2) is 21.8 Å². The van der Waals surface area contributed by atoms with E-state index in [9.17, 15) is 9.59 Å². The van der Waals surface area contributed by atoms with Crippen LogP contribution in [0.3, 0.4) is 0 Å². The van der Waals surface area contributed by atoms with Crippen LogP contribution in [0.1, 0.15) is 37.8 Å². The second-order valence-corrected chi connectivity index (χ2v) is 6.16. The van der Waals surface area contributed by atoms with Gasteiger partial charge in [-0.1, -0.05) is 18.2 Å². The van der Waals surface area contributed by atoms with Crippen molar-refractivity contribution in [3.63, 3.8) is 0 Å². The molecular weight excluding hydrogens is 340 g/mol. The fourth-order valence-corrected chi connectivity index (χ4v) is 2.47. The van der Waals surface area contributed by atoms with Gasteiger partial charge in [0.05, 0.1) is 12.2 Å². The highest BCUT2D eigenvalue weighted by atomic mass is 16.2. The molecule has 6 nitrogen and oxygen atoms in total. The van der Waals surface area contributed by atoms with Gasteiger partial charge in [0.15, 0.2) is 0 Å². The quantitative estimate of drug-likeness (QED) is 0.731. The zero-order chi connectivity index (χ0) is 19.2. The summed E-state index contributed by atoms with van der Waals surface area (Å²) < 4.78 is 0. The summed E-state index contributed by atoms with van der Waals surface area (Å²) in [5.41, 5.74) is 4.03. The summed E-state index contributed by atoms with van der Waals surface area (Å²) in [6, 6.07) is 15.9. The van der Waals surface area contributed by atoms with Crippen LogP contribution in [0.4, 0.5) is 5.69 Å². The third kappa shape index (κ3) is 4.76. The van der Waals surface area contributed by atoms with Gasteiger partial charge < -0.3 is 10.6 Å². The van der Waals surface area contributed by atoms with Crippen LogP contribution < -0.4 is 10.6 Å². The molecule has 0 unspecified atom stereocenters. The van der Waals surface area contributed by atoms with Gasteiger partial charge in [0.25, 0.3) is 11.8 Å². The Morgan fingerprint density at radius 3 is 2.37 bits per heavy atom. The summed E-state index contributed by atoms with van der Waals surface area (Å²) in [6.45, 7) is 4.28. The minimum absolute atomic E-state index is 0.179. The molecule has 2 aromatic heterocycles. The van der Waals surface area contributed by atoms with Crippen molar-refractivity contribution in [1.29, 1.82) is 0 Å². The number of aromatic nitrogens is 2. The van der Waals surface area contributed by atoms with Gasteiger partial charge in [-0.05, 0) is 61.4 Å². The van der Waals surface area contributed by atoms with Crippen LogP contribution >= 0.6 is 0 Å². The fraction of sp³-hybridized carbons (Fsp3) is 0.143. The summed E-state index contributed by atoms with van der Waals surface area (Å²) >= 11 is 0. The number of nitrogens with one attached hydrogen (secondary N) is 2. The first-order chi connectivity index (χ1) is 13.0. The largest absolute Gasteiger partial charge is 0.345 e. The van der Waals surface area contributed by atoms with Crippen molar-refractivity contribution in [1.82, 2.24) is 15.3 Å². The van der Waals surface area contributed by atoms with Crippen molar-refractivity contribution in [3.05, 3.63) is 89.0 Å².